The van der Waals surface area contributed by atoms with Crippen molar-refractivity contribution in [2.24, 2.45) is 11.3 Å². The molecular weight excluding hydrogens is 427 g/mol. The van der Waals surface area contributed by atoms with Crippen molar-refractivity contribution < 1.29 is 18.8 Å². The average molecular weight is 457 g/mol. The zero-order valence-electron chi connectivity index (χ0n) is 19.1. The number of anilines is 1. The highest BCUT2D eigenvalue weighted by molar-refractivity contribution is 6.10. The van der Waals surface area contributed by atoms with Crippen molar-refractivity contribution >= 4 is 23.5 Å². The van der Waals surface area contributed by atoms with E-state index in [0.29, 0.717) is 18.8 Å². The van der Waals surface area contributed by atoms with E-state index in [1.54, 1.807) is 0 Å². The summed E-state index contributed by atoms with van der Waals surface area (Å²) < 4.78 is 15.7. The number of carbonyl (C=O) groups excluding carboxylic acids is 3. The van der Waals surface area contributed by atoms with Gasteiger partial charge in [-0.2, -0.15) is 5.10 Å². The van der Waals surface area contributed by atoms with Gasteiger partial charge in [-0.1, -0.05) is 27.2 Å². The van der Waals surface area contributed by atoms with Gasteiger partial charge in [0.25, 0.3) is 5.91 Å². The van der Waals surface area contributed by atoms with Crippen molar-refractivity contribution in [3.8, 4) is 5.69 Å². The molecule has 33 heavy (non-hydrogen) atoms. The second kappa shape index (κ2) is 8.57. The highest BCUT2D eigenvalue weighted by Gasteiger charge is 2.53. The molecule has 1 aliphatic heterocycles. The molecule has 2 N–H and O–H groups in total. The first kappa shape index (κ1) is 22.9. The van der Waals surface area contributed by atoms with Crippen LogP contribution in [0, 0.1) is 17.2 Å². The standard InChI is InChI=1S/C23H29FN6O3/c1-4-22(2,3)15-7-9-23(10-8-15)20(32)29(21(33)28-23)12-19(31)27-16-5-6-18(17(24)11-16)30-14-25-13-26-30/h5-6,11,13-15H,4,7-10,12H2,1-3H3,(H,27,31)(H,28,33). The number of rotatable bonds is 6. The first-order valence-electron chi connectivity index (χ1n) is 11.2. The molecule has 1 saturated heterocycles. The summed E-state index contributed by atoms with van der Waals surface area (Å²) in [7, 11) is 0. The number of nitrogens with one attached hydrogen (secondary N) is 2. The van der Waals surface area contributed by atoms with Gasteiger partial charge in [-0.15, -0.1) is 0 Å². The molecule has 2 aromatic rings. The molecule has 1 aliphatic carbocycles. The first-order valence-corrected chi connectivity index (χ1v) is 11.2. The second-order valence-electron chi connectivity index (χ2n) is 9.57. The topological polar surface area (TPSA) is 109 Å². The average Bonchev–Trinajstić information content (AvgIpc) is 3.38. The number of imide groups is 1. The molecule has 0 unspecified atom stereocenters. The molecule has 1 aromatic carbocycles. The molecule has 9 nitrogen and oxygen atoms in total. The summed E-state index contributed by atoms with van der Waals surface area (Å²) in [5.41, 5.74) is -0.344. The van der Waals surface area contributed by atoms with Crippen LogP contribution < -0.4 is 10.6 Å². The minimum atomic E-state index is -0.927. The summed E-state index contributed by atoms with van der Waals surface area (Å²) in [4.78, 5) is 43.0. The summed E-state index contributed by atoms with van der Waals surface area (Å²) in [5, 5.41) is 9.27. The number of halogens is 1. The van der Waals surface area contributed by atoms with E-state index in [2.05, 4.69) is 41.5 Å². The van der Waals surface area contributed by atoms with Crippen LogP contribution in [0.5, 0.6) is 0 Å². The molecule has 2 aliphatic rings. The third-order valence-corrected chi connectivity index (χ3v) is 7.30. The Labute approximate surface area is 191 Å². The summed E-state index contributed by atoms with van der Waals surface area (Å²) in [6, 6.07) is 3.57. The summed E-state index contributed by atoms with van der Waals surface area (Å²) in [5.74, 6) is -1.04. The molecule has 2 heterocycles. The number of amides is 4. The summed E-state index contributed by atoms with van der Waals surface area (Å²) in [6.07, 6.45) is 6.54. The monoisotopic (exact) mass is 456 g/mol. The number of nitrogens with zero attached hydrogens (tertiary/aromatic N) is 4. The largest absolute Gasteiger partial charge is 0.325 e. The van der Waals surface area contributed by atoms with Gasteiger partial charge >= 0.3 is 6.03 Å². The summed E-state index contributed by atoms with van der Waals surface area (Å²) in [6.45, 7) is 6.22. The molecule has 1 aromatic heterocycles. The second-order valence-corrected chi connectivity index (χ2v) is 9.57. The van der Waals surface area contributed by atoms with E-state index in [1.165, 1.54) is 29.5 Å². The van der Waals surface area contributed by atoms with E-state index in [9.17, 15) is 18.8 Å². The Morgan fingerprint density at radius 2 is 2.03 bits per heavy atom. The molecule has 0 bridgehead atoms. The highest BCUT2D eigenvalue weighted by Crippen LogP contribution is 2.45. The third kappa shape index (κ3) is 4.34. The van der Waals surface area contributed by atoms with Crippen molar-refractivity contribution in [2.75, 3.05) is 11.9 Å². The number of urea groups is 1. The van der Waals surface area contributed by atoms with E-state index >= 15 is 0 Å². The van der Waals surface area contributed by atoms with E-state index < -0.39 is 29.8 Å². The van der Waals surface area contributed by atoms with Crippen LogP contribution >= 0.6 is 0 Å². The van der Waals surface area contributed by atoms with Gasteiger partial charge in [0.2, 0.25) is 5.91 Å². The lowest BCUT2D eigenvalue weighted by atomic mass is 9.65. The van der Waals surface area contributed by atoms with Crippen molar-refractivity contribution in [1.82, 2.24) is 25.0 Å². The maximum Gasteiger partial charge on any atom is 0.325 e. The zero-order valence-corrected chi connectivity index (χ0v) is 19.1. The highest BCUT2D eigenvalue weighted by atomic mass is 19.1. The van der Waals surface area contributed by atoms with Crippen molar-refractivity contribution in [2.45, 2.75) is 58.4 Å². The molecule has 2 fully saturated rings. The van der Waals surface area contributed by atoms with Gasteiger partial charge in [0.05, 0.1) is 0 Å². The van der Waals surface area contributed by atoms with E-state index in [4.69, 9.17) is 0 Å². The number of benzene rings is 1. The molecule has 1 saturated carbocycles. The molecule has 1 spiro atoms. The molecule has 0 radical (unpaired) electrons. The minimum absolute atomic E-state index is 0.184. The van der Waals surface area contributed by atoms with E-state index in [0.717, 1.165) is 30.2 Å². The first-order chi connectivity index (χ1) is 15.6. The van der Waals surface area contributed by atoms with Crippen LogP contribution in [-0.2, 0) is 9.59 Å². The number of aromatic nitrogens is 3. The lowest BCUT2D eigenvalue weighted by molar-refractivity contribution is -0.135. The van der Waals surface area contributed by atoms with E-state index in [1.807, 2.05) is 0 Å². The summed E-state index contributed by atoms with van der Waals surface area (Å²) >= 11 is 0. The fourth-order valence-electron chi connectivity index (χ4n) is 4.79. The van der Waals surface area contributed by atoms with Gasteiger partial charge in [0.15, 0.2) is 5.82 Å². The van der Waals surface area contributed by atoms with Gasteiger partial charge in [-0.05, 0) is 55.2 Å². The van der Waals surface area contributed by atoms with Crippen molar-refractivity contribution in [1.29, 1.82) is 0 Å². The normalized spacial score (nSPS) is 23.2. The van der Waals surface area contributed by atoms with Crippen LogP contribution in [0.25, 0.3) is 5.69 Å². The predicted molar refractivity (Wildman–Crippen MR) is 119 cm³/mol. The molecule has 10 heteroatoms. The lowest BCUT2D eigenvalue weighted by Gasteiger charge is -2.42. The fourth-order valence-corrected chi connectivity index (χ4v) is 4.79. The lowest BCUT2D eigenvalue weighted by Crippen LogP contribution is -2.51. The van der Waals surface area contributed by atoms with Crippen LogP contribution in [0.2, 0.25) is 0 Å². The van der Waals surface area contributed by atoms with Crippen LogP contribution in [0.4, 0.5) is 14.9 Å². The number of hydrogen-bond donors (Lipinski definition) is 2. The van der Waals surface area contributed by atoms with Crippen LogP contribution in [0.3, 0.4) is 0 Å². The van der Waals surface area contributed by atoms with Crippen molar-refractivity contribution in [3.63, 3.8) is 0 Å². The maximum absolute atomic E-state index is 14.4. The minimum Gasteiger partial charge on any atom is -0.324 e. The molecule has 176 valence electrons. The Balaban J connectivity index is 1.38. The Morgan fingerprint density at radius 1 is 1.30 bits per heavy atom. The zero-order chi connectivity index (χ0) is 23.8. The molecule has 0 atom stereocenters. The Kier molecular flexibility index (Phi) is 5.94. The SMILES string of the molecule is CCC(C)(C)C1CCC2(CC1)NC(=O)N(CC(=O)Nc1ccc(-n3cncn3)c(F)c1)C2=O. The van der Waals surface area contributed by atoms with Gasteiger partial charge in [0.1, 0.15) is 30.4 Å². The maximum atomic E-state index is 14.4. The van der Waals surface area contributed by atoms with Gasteiger partial charge < -0.3 is 10.6 Å². The van der Waals surface area contributed by atoms with E-state index in [-0.39, 0.29) is 22.7 Å². The van der Waals surface area contributed by atoms with Crippen LogP contribution in [-0.4, -0.2) is 49.6 Å². The van der Waals surface area contributed by atoms with Gasteiger partial charge in [0, 0.05) is 5.69 Å². The molecule has 4 rings (SSSR count). The third-order valence-electron chi connectivity index (χ3n) is 7.30. The van der Waals surface area contributed by atoms with Gasteiger partial charge in [-0.3, -0.25) is 14.5 Å². The number of carbonyl (C=O) groups is 3. The Morgan fingerprint density at radius 3 is 2.64 bits per heavy atom. The Bertz CT molecular complexity index is 1060. The molecule has 4 amide bonds. The quantitative estimate of drug-likeness (QED) is 0.649. The Hall–Kier alpha value is -3.30. The van der Waals surface area contributed by atoms with Crippen LogP contribution in [0.1, 0.15) is 52.9 Å². The van der Waals surface area contributed by atoms with Crippen molar-refractivity contribution in [3.05, 3.63) is 36.7 Å². The van der Waals surface area contributed by atoms with Crippen LogP contribution in [0.15, 0.2) is 30.9 Å². The predicted octanol–water partition coefficient (Wildman–Crippen LogP) is 3.26. The fraction of sp³-hybridized carbons (Fsp3) is 0.522. The van der Waals surface area contributed by atoms with Gasteiger partial charge in [-0.25, -0.2) is 18.9 Å². The molecular formula is C23H29FN6O3. The smallest absolute Gasteiger partial charge is 0.324 e. The number of hydrogen-bond acceptors (Lipinski definition) is 5.